The Kier molecular flexibility index (Phi) is 13.3. The molecule has 7 heteroatoms. The fourth-order valence-corrected chi connectivity index (χ4v) is 0.908. The second kappa shape index (κ2) is 12.6. The summed E-state index contributed by atoms with van der Waals surface area (Å²) in [5.74, 6) is -1.07. The third kappa shape index (κ3) is 12.5. The van der Waals surface area contributed by atoms with Crippen LogP contribution < -0.4 is 16.4 Å². The van der Waals surface area contributed by atoms with E-state index in [-0.39, 0.29) is 25.0 Å². The highest BCUT2D eigenvalue weighted by molar-refractivity contribution is 5.79. The molecule has 0 aliphatic carbocycles. The molecule has 0 aliphatic heterocycles. The van der Waals surface area contributed by atoms with Gasteiger partial charge in [0.1, 0.15) is 12.3 Å². The summed E-state index contributed by atoms with van der Waals surface area (Å²) < 4.78 is 0. The predicted molar refractivity (Wildman–Crippen MR) is 63.5 cm³/mol. The Balaban J connectivity index is 0. The molecule has 0 aromatic carbocycles. The van der Waals surface area contributed by atoms with Crippen LogP contribution in [-0.4, -0.2) is 49.4 Å². The smallest absolute Gasteiger partial charge is 0.320 e. The first-order chi connectivity index (χ1) is 8.03. The zero-order chi connectivity index (χ0) is 13.7. The van der Waals surface area contributed by atoms with Gasteiger partial charge in [-0.2, -0.15) is 0 Å². The first-order valence-corrected chi connectivity index (χ1v) is 5.33. The van der Waals surface area contributed by atoms with E-state index in [0.29, 0.717) is 12.7 Å². The molecule has 0 fully saturated rings. The van der Waals surface area contributed by atoms with Crippen molar-refractivity contribution in [2.75, 3.05) is 20.1 Å². The van der Waals surface area contributed by atoms with Crippen LogP contribution in [0.15, 0.2) is 0 Å². The minimum Gasteiger partial charge on any atom is -0.480 e. The first kappa shape index (κ1) is 17.9. The highest BCUT2D eigenvalue weighted by Crippen LogP contribution is 1.94. The van der Waals surface area contributed by atoms with E-state index in [0.717, 1.165) is 6.42 Å². The third-order valence-corrected chi connectivity index (χ3v) is 1.79. The molecule has 0 saturated carbocycles. The number of rotatable bonds is 7. The molecule has 1 amide bonds. The van der Waals surface area contributed by atoms with E-state index in [2.05, 4.69) is 10.6 Å². The van der Waals surface area contributed by atoms with E-state index >= 15 is 0 Å². The molecule has 0 aromatic heterocycles. The van der Waals surface area contributed by atoms with Crippen LogP contribution in [-0.2, 0) is 14.4 Å². The number of nitrogens with two attached hydrogens (primary N) is 1. The lowest BCUT2D eigenvalue weighted by atomic mass is 10.2. The number of carboxylic acids is 1. The van der Waals surface area contributed by atoms with E-state index in [4.69, 9.17) is 10.8 Å². The highest BCUT2D eigenvalue weighted by Gasteiger charge is 2.11. The molecule has 0 radical (unpaired) electrons. The van der Waals surface area contributed by atoms with Gasteiger partial charge in [0, 0.05) is 0 Å². The number of amides is 1. The quantitative estimate of drug-likeness (QED) is 0.416. The maximum absolute atomic E-state index is 10.3. The lowest BCUT2D eigenvalue weighted by Gasteiger charge is -2.07. The topological polar surface area (TPSA) is 122 Å². The van der Waals surface area contributed by atoms with Gasteiger partial charge in [0.05, 0.1) is 13.1 Å². The summed E-state index contributed by atoms with van der Waals surface area (Å²) in [6, 6.07) is -0.366. The standard InChI is InChI=1S/C6H13NO2.C4H8N2O2/c1-3-4-5(7-2)6(8)9;5-3-4(8)6-1-2-7/h5,7H,3-4H2,1-2H3,(H,8,9);2H,1,3,5H2,(H,6,8). The van der Waals surface area contributed by atoms with Crippen molar-refractivity contribution in [3.63, 3.8) is 0 Å². The van der Waals surface area contributed by atoms with Crippen LogP contribution in [0, 0.1) is 0 Å². The van der Waals surface area contributed by atoms with Crippen molar-refractivity contribution in [3.05, 3.63) is 0 Å². The Bertz CT molecular complexity index is 234. The molecule has 0 aliphatic rings. The van der Waals surface area contributed by atoms with Crippen LogP contribution in [0.2, 0.25) is 0 Å². The molecular weight excluding hydrogens is 226 g/mol. The summed E-state index contributed by atoms with van der Waals surface area (Å²) in [7, 11) is 1.66. The number of aliphatic carboxylic acids is 1. The number of carboxylic acid groups (broad SMARTS) is 1. The van der Waals surface area contributed by atoms with Gasteiger partial charge in [-0.25, -0.2) is 0 Å². The van der Waals surface area contributed by atoms with Gasteiger partial charge in [-0.15, -0.1) is 0 Å². The number of carbonyl (C=O) groups excluding carboxylic acids is 2. The Labute approximate surface area is 101 Å². The number of nitrogens with one attached hydrogen (secondary N) is 2. The average molecular weight is 247 g/mol. The monoisotopic (exact) mass is 247 g/mol. The number of aldehydes is 1. The van der Waals surface area contributed by atoms with Crippen LogP contribution in [0.25, 0.3) is 0 Å². The van der Waals surface area contributed by atoms with Crippen LogP contribution in [0.3, 0.4) is 0 Å². The minimum absolute atomic E-state index is 0.0516. The zero-order valence-electron chi connectivity index (χ0n) is 10.2. The van der Waals surface area contributed by atoms with E-state index in [9.17, 15) is 14.4 Å². The SMILES string of the molecule is CCCC(NC)C(=O)O.NCC(=O)NCC=O. The van der Waals surface area contributed by atoms with Gasteiger partial charge in [0.15, 0.2) is 0 Å². The van der Waals surface area contributed by atoms with Gasteiger partial charge in [0.25, 0.3) is 0 Å². The van der Waals surface area contributed by atoms with Crippen molar-refractivity contribution in [3.8, 4) is 0 Å². The minimum atomic E-state index is -0.764. The number of carbonyl (C=O) groups is 3. The van der Waals surface area contributed by atoms with E-state index in [1.54, 1.807) is 7.05 Å². The van der Waals surface area contributed by atoms with Crippen molar-refractivity contribution < 1.29 is 19.5 Å². The Hall–Kier alpha value is -1.47. The van der Waals surface area contributed by atoms with Gasteiger partial charge in [0.2, 0.25) is 5.91 Å². The van der Waals surface area contributed by atoms with Crippen molar-refractivity contribution in [1.29, 1.82) is 0 Å². The maximum atomic E-state index is 10.3. The molecule has 0 saturated heterocycles. The molecule has 17 heavy (non-hydrogen) atoms. The number of hydrogen-bond acceptors (Lipinski definition) is 5. The number of hydrogen-bond donors (Lipinski definition) is 4. The van der Waals surface area contributed by atoms with Crippen molar-refractivity contribution in [2.45, 2.75) is 25.8 Å². The zero-order valence-corrected chi connectivity index (χ0v) is 10.2. The van der Waals surface area contributed by atoms with E-state index in [1.807, 2.05) is 6.92 Å². The van der Waals surface area contributed by atoms with Gasteiger partial charge >= 0.3 is 5.97 Å². The van der Waals surface area contributed by atoms with Crippen LogP contribution in [0.1, 0.15) is 19.8 Å². The van der Waals surface area contributed by atoms with Gasteiger partial charge in [-0.05, 0) is 13.5 Å². The molecule has 5 N–H and O–H groups in total. The summed E-state index contributed by atoms with van der Waals surface area (Å²) in [4.78, 5) is 30.0. The second-order valence-corrected chi connectivity index (χ2v) is 3.14. The largest absolute Gasteiger partial charge is 0.480 e. The fourth-order valence-electron chi connectivity index (χ4n) is 0.908. The lowest BCUT2D eigenvalue weighted by molar-refractivity contribution is -0.139. The Morgan fingerprint density at radius 1 is 1.47 bits per heavy atom. The van der Waals surface area contributed by atoms with Crippen molar-refractivity contribution >= 4 is 18.2 Å². The molecule has 100 valence electrons. The van der Waals surface area contributed by atoms with Crippen molar-refractivity contribution in [2.24, 2.45) is 5.73 Å². The van der Waals surface area contributed by atoms with Gasteiger partial charge in [-0.3, -0.25) is 9.59 Å². The molecule has 0 rings (SSSR count). The highest BCUT2D eigenvalue weighted by atomic mass is 16.4. The summed E-state index contributed by atoms with van der Waals surface area (Å²) in [5.41, 5.74) is 4.88. The Morgan fingerprint density at radius 2 is 2.06 bits per heavy atom. The van der Waals surface area contributed by atoms with Gasteiger partial charge in [-0.1, -0.05) is 13.3 Å². The summed E-state index contributed by atoms with van der Waals surface area (Å²) >= 11 is 0. The molecule has 0 bridgehead atoms. The molecule has 0 heterocycles. The Morgan fingerprint density at radius 3 is 2.29 bits per heavy atom. The summed E-state index contributed by atoms with van der Waals surface area (Å²) in [5, 5.41) is 13.4. The van der Waals surface area contributed by atoms with Gasteiger partial charge < -0.3 is 26.3 Å². The summed E-state index contributed by atoms with van der Waals surface area (Å²) in [6.45, 7) is 1.96. The molecule has 0 spiro atoms. The average Bonchev–Trinajstić information content (AvgIpc) is 2.33. The van der Waals surface area contributed by atoms with Crippen LogP contribution in [0.5, 0.6) is 0 Å². The second-order valence-electron chi connectivity index (χ2n) is 3.14. The lowest BCUT2D eigenvalue weighted by Crippen LogP contribution is -2.33. The normalized spacial score (nSPS) is 10.8. The van der Waals surface area contributed by atoms with E-state index in [1.165, 1.54) is 0 Å². The maximum Gasteiger partial charge on any atom is 0.320 e. The van der Waals surface area contributed by atoms with Crippen LogP contribution >= 0.6 is 0 Å². The summed E-state index contributed by atoms with van der Waals surface area (Å²) in [6.07, 6.45) is 2.21. The predicted octanol–water partition coefficient (Wildman–Crippen LogP) is -1.28. The van der Waals surface area contributed by atoms with Crippen LogP contribution in [0.4, 0.5) is 0 Å². The first-order valence-electron chi connectivity index (χ1n) is 5.33. The third-order valence-electron chi connectivity index (χ3n) is 1.79. The molecule has 7 nitrogen and oxygen atoms in total. The van der Waals surface area contributed by atoms with Crippen molar-refractivity contribution in [1.82, 2.24) is 10.6 Å². The molecular formula is C10H21N3O4. The number of likely N-dealkylation sites (N-methyl/N-ethyl adjacent to an activating group) is 1. The fraction of sp³-hybridized carbons (Fsp3) is 0.700. The molecule has 0 aromatic rings. The molecule has 1 atom stereocenters. The molecule has 1 unspecified atom stereocenters. The van der Waals surface area contributed by atoms with E-state index < -0.39 is 5.97 Å².